The van der Waals surface area contributed by atoms with E-state index in [0.717, 1.165) is 28.0 Å². The van der Waals surface area contributed by atoms with Crippen LogP contribution in [0.1, 0.15) is 20.7 Å². The number of anilines is 1. The number of carbonyl (C=O) groups excluding carboxylic acids is 2. The van der Waals surface area contributed by atoms with E-state index in [9.17, 15) is 14.7 Å². The zero-order valence-corrected chi connectivity index (χ0v) is 17.2. The number of nitrogens with one attached hydrogen (secondary N) is 1. The second kappa shape index (κ2) is 8.53. The van der Waals surface area contributed by atoms with Crippen LogP contribution >= 0.6 is 22.9 Å². The molecule has 0 aliphatic carbocycles. The highest BCUT2D eigenvalue weighted by molar-refractivity contribution is 7.15. The molecule has 1 amide bonds. The van der Waals surface area contributed by atoms with Gasteiger partial charge in [0.05, 0.1) is 16.6 Å². The number of carbonyl (C=O) groups is 2. The number of benzene rings is 3. The molecule has 1 heterocycles. The summed E-state index contributed by atoms with van der Waals surface area (Å²) in [6, 6.07) is 24.1. The molecule has 1 N–H and O–H groups in total. The molecule has 0 radical (unpaired) electrons. The van der Waals surface area contributed by atoms with E-state index in [0.29, 0.717) is 10.6 Å². The van der Waals surface area contributed by atoms with E-state index in [4.69, 9.17) is 11.6 Å². The van der Waals surface area contributed by atoms with Crippen molar-refractivity contribution in [3.05, 3.63) is 100 Å². The van der Waals surface area contributed by atoms with Gasteiger partial charge < -0.3 is 15.2 Å². The molecule has 6 heteroatoms. The summed E-state index contributed by atoms with van der Waals surface area (Å²) in [5.41, 5.74) is 3.54. The summed E-state index contributed by atoms with van der Waals surface area (Å²) in [6.07, 6.45) is 0. The predicted octanol–water partition coefficient (Wildman–Crippen LogP) is 5.35. The van der Waals surface area contributed by atoms with E-state index in [1.165, 1.54) is 0 Å². The summed E-state index contributed by atoms with van der Waals surface area (Å²) < 4.78 is 0. The topological polar surface area (TPSA) is 69.2 Å². The molecule has 0 fully saturated rings. The minimum atomic E-state index is -1.35. The van der Waals surface area contributed by atoms with E-state index in [2.05, 4.69) is 5.32 Å². The lowest BCUT2D eigenvalue weighted by Gasteiger charge is -2.11. The first-order valence-electron chi connectivity index (χ1n) is 9.09. The first-order valence-corrected chi connectivity index (χ1v) is 10.3. The van der Waals surface area contributed by atoms with Crippen LogP contribution in [0.5, 0.6) is 0 Å². The van der Waals surface area contributed by atoms with Gasteiger partial charge in [-0.15, -0.1) is 11.3 Å². The largest absolute Gasteiger partial charge is 0.545 e. The molecule has 30 heavy (non-hydrogen) atoms. The van der Waals surface area contributed by atoms with E-state index in [1.807, 2.05) is 54.6 Å². The molecule has 4 rings (SSSR count). The van der Waals surface area contributed by atoms with Crippen molar-refractivity contribution in [2.24, 2.45) is 0 Å². The molecular formula is C24H15ClNO3S-. The molecular weight excluding hydrogens is 418 g/mol. The summed E-state index contributed by atoms with van der Waals surface area (Å²) in [6.45, 7) is 0. The molecule has 4 aromatic rings. The van der Waals surface area contributed by atoms with Crippen LogP contribution in [-0.4, -0.2) is 11.9 Å². The van der Waals surface area contributed by atoms with Crippen LogP contribution in [0.25, 0.3) is 22.3 Å². The number of thiophene rings is 1. The Bertz CT molecular complexity index is 1220. The van der Waals surface area contributed by atoms with Crippen LogP contribution in [-0.2, 0) is 0 Å². The van der Waals surface area contributed by atoms with Gasteiger partial charge in [0.1, 0.15) is 5.00 Å². The third-order valence-corrected chi connectivity index (χ3v) is 5.87. The Hall–Kier alpha value is -3.41. The van der Waals surface area contributed by atoms with Crippen molar-refractivity contribution in [2.45, 2.75) is 0 Å². The molecule has 0 saturated heterocycles. The molecule has 148 valence electrons. The lowest BCUT2D eigenvalue weighted by atomic mass is 9.99. The smallest absolute Gasteiger partial charge is 0.257 e. The van der Waals surface area contributed by atoms with E-state index < -0.39 is 11.9 Å². The Morgan fingerprint density at radius 2 is 1.40 bits per heavy atom. The molecule has 0 saturated carbocycles. The maximum absolute atomic E-state index is 12.6. The molecule has 0 aliphatic rings. The maximum atomic E-state index is 12.6. The molecule has 1 aromatic heterocycles. The number of rotatable bonds is 5. The SMILES string of the molecule is O=C(Nc1scc(-c2ccc(-c3ccccc3)cc2)c1C(=O)[O-])c1ccccc1Cl. The van der Waals surface area contributed by atoms with Gasteiger partial charge in [0, 0.05) is 16.5 Å². The monoisotopic (exact) mass is 432 g/mol. The Kier molecular flexibility index (Phi) is 5.65. The normalized spacial score (nSPS) is 10.6. The average molecular weight is 433 g/mol. The fourth-order valence-electron chi connectivity index (χ4n) is 3.15. The van der Waals surface area contributed by atoms with Crippen molar-refractivity contribution in [1.82, 2.24) is 0 Å². The Morgan fingerprint density at radius 3 is 2.07 bits per heavy atom. The van der Waals surface area contributed by atoms with Crippen molar-refractivity contribution in [2.75, 3.05) is 5.32 Å². The lowest BCUT2D eigenvalue weighted by Crippen LogP contribution is -2.24. The summed E-state index contributed by atoms with van der Waals surface area (Å²) in [7, 11) is 0. The maximum Gasteiger partial charge on any atom is 0.257 e. The highest BCUT2D eigenvalue weighted by Crippen LogP contribution is 2.36. The van der Waals surface area contributed by atoms with Gasteiger partial charge in [0.2, 0.25) is 0 Å². The van der Waals surface area contributed by atoms with Gasteiger partial charge in [0.15, 0.2) is 0 Å². The Morgan fingerprint density at radius 1 is 0.800 bits per heavy atom. The van der Waals surface area contributed by atoms with E-state index >= 15 is 0 Å². The standard InChI is InChI=1S/C24H16ClNO3S/c25-20-9-5-4-8-18(20)22(27)26-23-21(24(28)29)19(14-30-23)17-12-10-16(11-13-17)15-6-2-1-3-7-15/h1-14H,(H,26,27)(H,28,29)/p-1. The summed E-state index contributed by atoms with van der Waals surface area (Å²) in [5.74, 6) is -1.83. The number of hydrogen-bond donors (Lipinski definition) is 1. The van der Waals surface area contributed by atoms with Crippen LogP contribution in [0.4, 0.5) is 5.00 Å². The molecule has 0 aliphatic heterocycles. The number of halogens is 1. The molecule has 0 bridgehead atoms. The third-order valence-electron chi connectivity index (χ3n) is 4.64. The highest BCUT2D eigenvalue weighted by atomic mass is 35.5. The Labute approximate surface area is 182 Å². The van der Waals surface area contributed by atoms with Crippen LogP contribution in [0.3, 0.4) is 0 Å². The zero-order valence-electron chi connectivity index (χ0n) is 15.6. The van der Waals surface area contributed by atoms with Crippen molar-refractivity contribution < 1.29 is 14.7 Å². The molecule has 3 aromatic carbocycles. The lowest BCUT2D eigenvalue weighted by molar-refractivity contribution is -0.254. The molecule has 4 nitrogen and oxygen atoms in total. The summed E-state index contributed by atoms with van der Waals surface area (Å²) >= 11 is 7.20. The predicted molar refractivity (Wildman–Crippen MR) is 119 cm³/mol. The van der Waals surface area contributed by atoms with Gasteiger partial charge in [0.25, 0.3) is 5.91 Å². The van der Waals surface area contributed by atoms with E-state index in [1.54, 1.807) is 29.6 Å². The fraction of sp³-hybridized carbons (Fsp3) is 0. The summed E-state index contributed by atoms with van der Waals surface area (Å²) in [4.78, 5) is 24.4. The van der Waals surface area contributed by atoms with Gasteiger partial charge in [-0.2, -0.15) is 0 Å². The Balaban J connectivity index is 1.65. The van der Waals surface area contributed by atoms with Crippen molar-refractivity contribution in [3.8, 4) is 22.3 Å². The minimum absolute atomic E-state index is 0.0483. The summed E-state index contributed by atoms with van der Waals surface area (Å²) in [5, 5.41) is 16.7. The first-order chi connectivity index (χ1) is 14.5. The highest BCUT2D eigenvalue weighted by Gasteiger charge is 2.18. The van der Waals surface area contributed by atoms with Crippen LogP contribution in [0.2, 0.25) is 5.02 Å². The molecule has 0 spiro atoms. The number of aromatic carboxylic acids is 1. The second-order valence-electron chi connectivity index (χ2n) is 6.52. The van der Waals surface area contributed by atoms with Gasteiger partial charge in [-0.3, -0.25) is 4.79 Å². The minimum Gasteiger partial charge on any atom is -0.545 e. The van der Waals surface area contributed by atoms with Crippen LogP contribution in [0.15, 0.2) is 84.2 Å². The van der Waals surface area contributed by atoms with E-state index in [-0.39, 0.29) is 16.1 Å². The zero-order chi connectivity index (χ0) is 21.1. The number of amides is 1. The fourth-order valence-corrected chi connectivity index (χ4v) is 4.33. The average Bonchev–Trinajstić information content (AvgIpc) is 3.18. The quantitative estimate of drug-likeness (QED) is 0.462. The van der Waals surface area contributed by atoms with Gasteiger partial charge in [-0.05, 0) is 28.8 Å². The van der Waals surface area contributed by atoms with Gasteiger partial charge in [-0.25, -0.2) is 0 Å². The number of hydrogen-bond acceptors (Lipinski definition) is 4. The van der Waals surface area contributed by atoms with Crippen molar-refractivity contribution in [1.29, 1.82) is 0 Å². The number of carboxylic acids is 1. The van der Waals surface area contributed by atoms with Gasteiger partial charge in [-0.1, -0.05) is 78.3 Å². The first kappa shape index (κ1) is 19.9. The second-order valence-corrected chi connectivity index (χ2v) is 7.81. The third kappa shape index (κ3) is 3.99. The van der Waals surface area contributed by atoms with Crippen molar-refractivity contribution >= 4 is 39.8 Å². The van der Waals surface area contributed by atoms with Crippen molar-refractivity contribution in [3.63, 3.8) is 0 Å². The molecule has 0 atom stereocenters. The van der Waals surface area contributed by atoms with Crippen LogP contribution < -0.4 is 10.4 Å². The number of carboxylic acid groups (broad SMARTS) is 1. The van der Waals surface area contributed by atoms with Crippen LogP contribution in [0, 0.1) is 0 Å². The molecule has 0 unspecified atom stereocenters. The van der Waals surface area contributed by atoms with Gasteiger partial charge >= 0.3 is 0 Å².